The van der Waals surface area contributed by atoms with Gasteiger partial charge in [-0.15, -0.1) is 0 Å². The summed E-state index contributed by atoms with van der Waals surface area (Å²) in [7, 11) is -3.16. The van der Waals surface area contributed by atoms with Gasteiger partial charge in [0.05, 0.1) is 5.25 Å². The fourth-order valence-electron chi connectivity index (χ4n) is 2.50. The lowest BCUT2D eigenvalue weighted by atomic mass is 10.0. The average Bonchev–Trinajstić information content (AvgIpc) is 2.46. The summed E-state index contributed by atoms with van der Waals surface area (Å²) in [6.07, 6.45) is 4.84. The van der Waals surface area contributed by atoms with E-state index in [1.165, 1.54) is 6.42 Å². The SMILES string of the molecule is O=S(=O)(NCc1cccc(CBr)c1)C1CCCCC1. The minimum atomic E-state index is -3.16. The minimum absolute atomic E-state index is 0.194. The van der Waals surface area contributed by atoms with Crippen molar-refractivity contribution in [3.63, 3.8) is 0 Å². The molecule has 0 atom stereocenters. The molecule has 0 saturated heterocycles. The molecule has 0 aliphatic heterocycles. The average molecular weight is 346 g/mol. The van der Waals surface area contributed by atoms with Crippen molar-refractivity contribution in [1.29, 1.82) is 0 Å². The zero-order chi connectivity index (χ0) is 13.7. The smallest absolute Gasteiger partial charge is 0.212 e. The molecule has 5 heteroatoms. The lowest BCUT2D eigenvalue weighted by Crippen LogP contribution is -2.35. The van der Waals surface area contributed by atoms with Crippen molar-refractivity contribution in [2.75, 3.05) is 0 Å². The summed E-state index contributed by atoms with van der Waals surface area (Å²) in [5.41, 5.74) is 2.17. The van der Waals surface area contributed by atoms with E-state index in [1.807, 2.05) is 24.3 Å². The Morgan fingerprint density at radius 1 is 1.16 bits per heavy atom. The van der Waals surface area contributed by atoms with Crippen LogP contribution in [0.1, 0.15) is 43.2 Å². The molecular weight excluding hydrogens is 326 g/mol. The maximum absolute atomic E-state index is 12.2. The van der Waals surface area contributed by atoms with Gasteiger partial charge in [0.2, 0.25) is 10.0 Å². The van der Waals surface area contributed by atoms with Gasteiger partial charge < -0.3 is 0 Å². The molecule has 19 heavy (non-hydrogen) atoms. The first-order valence-electron chi connectivity index (χ1n) is 6.74. The second-order valence-corrected chi connectivity index (χ2v) is 7.69. The van der Waals surface area contributed by atoms with E-state index in [2.05, 4.69) is 20.7 Å². The quantitative estimate of drug-likeness (QED) is 0.832. The van der Waals surface area contributed by atoms with Crippen molar-refractivity contribution in [3.8, 4) is 0 Å². The summed E-state index contributed by atoms with van der Waals surface area (Å²) in [5.74, 6) is 0. The Kier molecular flexibility index (Phi) is 5.42. The molecule has 0 unspecified atom stereocenters. The standard InChI is InChI=1S/C14H20BrNO2S/c15-10-12-5-4-6-13(9-12)11-16-19(17,18)14-7-2-1-3-8-14/h4-6,9,14,16H,1-3,7-8,10-11H2. The van der Waals surface area contributed by atoms with Crippen LogP contribution in [0, 0.1) is 0 Å². The number of rotatable bonds is 5. The second-order valence-electron chi connectivity index (χ2n) is 5.08. The maximum Gasteiger partial charge on any atom is 0.214 e. The van der Waals surface area contributed by atoms with Gasteiger partial charge in [-0.25, -0.2) is 13.1 Å². The first kappa shape index (κ1) is 15.0. The Balaban J connectivity index is 1.96. The van der Waals surface area contributed by atoms with Crippen LogP contribution in [0.25, 0.3) is 0 Å². The summed E-state index contributed by atoms with van der Waals surface area (Å²) in [6.45, 7) is 0.389. The molecule has 0 spiro atoms. The Labute approximate surface area is 124 Å². The summed E-state index contributed by atoms with van der Waals surface area (Å²) in [5, 5.41) is 0.594. The van der Waals surface area contributed by atoms with Crippen LogP contribution < -0.4 is 4.72 Å². The molecule has 1 saturated carbocycles. The summed E-state index contributed by atoms with van der Waals surface area (Å²) in [4.78, 5) is 0. The number of nitrogens with one attached hydrogen (secondary N) is 1. The molecule has 1 aromatic rings. The molecule has 0 radical (unpaired) electrons. The third kappa shape index (κ3) is 4.29. The summed E-state index contributed by atoms with van der Waals surface area (Å²) < 4.78 is 27.1. The zero-order valence-electron chi connectivity index (χ0n) is 10.9. The van der Waals surface area contributed by atoms with Gasteiger partial charge in [0, 0.05) is 11.9 Å². The molecule has 2 rings (SSSR count). The highest BCUT2D eigenvalue weighted by atomic mass is 79.9. The number of halogens is 1. The van der Waals surface area contributed by atoms with Gasteiger partial charge in [0.1, 0.15) is 0 Å². The van der Waals surface area contributed by atoms with Crippen molar-refractivity contribution in [2.24, 2.45) is 0 Å². The molecule has 1 aromatic carbocycles. The van der Waals surface area contributed by atoms with Crippen LogP contribution in [-0.2, 0) is 21.9 Å². The van der Waals surface area contributed by atoms with Crippen molar-refractivity contribution in [1.82, 2.24) is 4.72 Å². The molecule has 106 valence electrons. The van der Waals surface area contributed by atoms with Crippen LogP contribution in [0.4, 0.5) is 0 Å². The Morgan fingerprint density at radius 2 is 1.84 bits per heavy atom. The monoisotopic (exact) mass is 345 g/mol. The number of hydrogen-bond donors (Lipinski definition) is 1. The molecule has 0 amide bonds. The van der Waals surface area contributed by atoms with E-state index in [9.17, 15) is 8.42 Å². The van der Waals surface area contributed by atoms with E-state index in [4.69, 9.17) is 0 Å². The van der Waals surface area contributed by atoms with Gasteiger partial charge in [-0.2, -0.15) is 0 Å². The predicted molar refractivity (Wildman–Crippen MR) is 81.7 cm³/mol. The molecule has 1 aliphatic rings. The van der Waals surface area contributed by atoms with E-state index in [0.717, 1.165) is 42.1 Å². The van der Waals surface area contributed by atoms with Gasteiger partial charge in [-0.05, 0) is 24.0 Å². The molecule has 1 N–H and O–H groups in total. The van der Waals surface area contributed by atoms with Gasteiger partial charge in [-0.3, -0.25) is 0 Å². The Morgan fingerprint density at radius 3 is 2.53 bits per heavy atom. The molecule has 0 heterocycles. The number of alkyl halides is 1. The van der Waals surface area contributed by atoms with Crippen molar-refractivity contribution in [3.05, 3.63) is 35.4 Å². The highest BCUT2D eigenvalue weighted by Crippen LogP contribution is 2.23. The van der Waals surface area contributed by atoms with Crippen molar-refractivity contribution in [2.45, 2.75) is 49.2 Å². The van der Waals surface area contributed by atoms with Gasteiger partial charge in [-0.1, -0.05) is 59.5 Å². The molecular formula is C14H20BrNO2S. The third-order valence-electron chi connectivity index (χ3n) is 3.61. The molecule has 1 aliphatic carbocycles. The topological polar surface area (TPSA) is 46.2 Å². The third-order valence-corrected chi connectivity index (χ3v) is 6.16. The minimum Gasteiger partial charge on any atom is -0.212 e. The van der Waals surface area contributed by atoms with Gasteiger partial charge in [0.15, 0.2) is 0 Å². The largest absolute Gasteiger partial charge is 0.214 e. The van der Waals surface area contributed by atoms with Crippen molar-refractivity contribution < 1.29 is 8.42 Å². The molecule has 0 bridgehead atoms. The van der Waals surface area contributed by atoms with Gasteiger partial charge >= 0.3 is 0 Å². The van der Waals surface area contributed by atoms with E-state index in [-0.39, 0.29) is 5.25 Å². The van der Waals surface area contributed by atoms with Crippen LogP contribution in [-0.4, -0.2) is 13.7 Å². The molecule has 0 aromatic heterocycles. The first-order valence-corrected chi connectivity index (χ1v) is 9.41. The summed E-state index contributed by atoms with van der Waals surface area (Å²) in [6, 6.07) is 7.96. The zero-order valence-corrected chi connectivity index (χ0v) is 13.3. The Bertz CT molecular complexity index is 510. The van der Waals surface area contributed by atoms with Crippen LogP contribution in [0.3, 0.4) is 0 Å². The maximum atomic E-state index is 12.2. The first-order chi connectivity index (χ1) is 9.12. The van der Waals surface area contributed by atoms with Crippen LogP contribution in [0.15, 0.2) is 24.3 Å². The highest BCUT2D eigenvalue weighted by Gasteiger charge is 2.26. The normalized spacial score (nSPS) is 17.5. The fourth-order valence-corrected chi connectivity index (χ4v) is 4.41. The van der Waals surface area contributed by atoms with E-state index in [0.29, 0.717) is 6.54 Å². The number of benzene rings is 1. The van der Waals surface area contributed by atoms with Gasteiger partial charge in [0.25, 0.3) is 0 Å². The van der Waals surface area contributed by atoms with Crippen LogP contribution >= 0.6 is 15.9 Å². The molecule has 1 fully saturated rings. The fraction of sp³-hybridized carbons (Fsp3) is 0.571. The Hall–Kier alpha value is -0.390. The van der Waals surface area contributed by atoms with E-state index >= 15 is 0 Å². The second kappa shape index (κ2) is 6.86. The lowest BCUT2D eigenvalue weighted by Gasteiger charge is -2.22. The molecule has 3 nitrogen and oxygen atoms in total. The van der Waals surface area contributed by atoms with E-state index < -0.39 is 10.0 Å². The summed E-state index contributed by atoms with van der Waals surface area (Å²) >= 11 is 3.41. The predicted octanol–water partition coefficient (Wildman–Crippen LogP) is 3.33. The number of sulfonamides is 1. The lowest BCUT2D eigenvalue weighted by molar-refractivity contribution is 0.477. The van der Waals surface area contributed by atoms with Crippen molar-refractivity contribution >= 4 is 26.0 Å². The van der Waals surface area contributed by atoms with Crippen LogP contribution in [0.5, 0.6) is 0 Å². The van der Waals surface area contributed by atoms with E-state index in [1.54, 1.807) is 0 Å². The number of hydrogen-bond acceptors (Lipinski definition) is 2. The highest BCUT2D eigenvalue weighted by molar-refractivity contribution is 9.08. The van der Waals surface area contributed by atoms with Crippen LogP contribution in [0.2, 0.25) is 0 Å².